The highest BCUT2D eigenvalue weighted by molar-refractivity contribution is 6.35. The molecule has 2 heterocycles. The Morgan fingerprint density at radius 3 is 2.33 bits per heavy atom. The number of rotatable bonds is 6. The molecule has 46 heavy (non-hydrogen) atoms. The first-order valence-corrected chi connectivity index (χ1v) is 14.8. The van der Waals surface area contributed by atoms with E-state index in [1.807, 2.05) is 66.7 Å². The molecular weight excluding hydrogens is 606 g/mol. The van der Waals surface area contributed by atoms with E-state index in [0.717, 1.165) is 16.7 Å². The molecule has 0 saturated heterocycles. The molecule has 0 unspecified atom stereocenters. The second kappa shape index (κ2) is 13.1. The lowest BCUT2D eigenvalue weighted by molar-refractivity contribution is -0.118. The monoisotopic (exact) mass is 633 g/mol. The standard InChI is InChI=1S/C35H28ClN5O5/c36-29-18-24(38-33(43)27-12-6-5-11-26(27)22-8-2-1-3-9-22)14-16-28(29)34(44)41-21-25-15-17-32(46-35(45)39-31(42)19-37)40(25)20-23-10-4-7-13-30(23)41/h1-18H,19-21,37H2,(H,38,43)(H,39,42,45). The summed E-state index contributed by atoms with van der Waals surface area (Å²) in [5, 5.41) is 5.13. The zero-order valence-electron chi connectivity index (χ0n) is 24.4. The number of nitrogens with zero attached hydrogens (tertiary/aromatic N) is 2. The number of carbonyl (C=O) groups excluding carboxylic acids is 4. The number of halogens is 1. The fraction of sp³-hybridized carbons (Fsp3) is 0.0857. The molecule has 4 aromatic carbocycles. The van der Waals surface area contributed by atoms with Crippen LogP contribution in [-0.4, -0.2) is 34.9 Å². The quantitative estimate of drug-likeness (QED) is 0.215. The van der Waals surface area contributed by atoms with Gasteiger partial charge < -0.3 is 25.3 Å². The van der Waals surface area contributed by atoms with Crippen LogP contribution in [-0.2, 0) is 17.9 Å². The molecule has 0 bridgehead atoms. The van der Waals surface area contributed by atoms with Crippen LogP contribution in [0.3, 0.4) is 0 Å². The predicted molar refractivity (Wildman–Crippen MR) is 175 cm³/mol. The molecule has 5 aromatic rings. The highest BCUT2D eigenvalue weighted by Gasteiger charge is 2.28. The summed E-state index contributed by atoms with van der Waals surface area (Å²) in [6.45, 7) is 0.0937. The molecule has 1 aliphatic rings. The third-order valence-electron chi connectivity index (χ3n) is 7.55. The first-order chi connectivity index (χ1) is 22.3. The van der Waals surface area contributed by atoms with Crippen molar-refractivity contribution < 1.29 is 23.9 Å². The van der Waals surface area contributed by atoms with Crippen molar-refractivity contribution in [3.63, 3.8) is 0 Å². The van der Waals surface area contributed by atoms with Crippen LogP contribution in [0.2, 0.25) is 5.02 Å². The molecule has 6 rings (SSSR count). The number of aromatic nitrogens is 1. The third-order valence-corrected chi connectivity index (χ3v) is 7.86. The minimum atomic E-state index is -0.954. The van der Waals surface area contributed by atoms with Crippen LogP contribution in [0, 0.1) is 0 Å². The van der Waals surface area contributed by atoms with E-state index in [4.69, 9.17) is 22.1 Å². The number of fused-ring (bicyclic) bond motifs is 2. The van der Waals surface area contributed by atoms with E-state index in [1.165, 1.54) is 0 Å². The van der Waals surface area contributed by atoms with Crippen molar-refractivity contribution in [1.82, 2.24) is 9.88 Å². The fourth-order valence-corrected chi connectivity index (χ4v) is 5.61. The number of nitrogens with two attached hydrogens (primary N) is 1. The summed E-state index contributed by atoms with van der Waals surface area (Å²) in [4.78, 5) is 52.7. The van der Waals surface area contributed by atoms with Gasteiger partial charge >= 0.3 is 6.09 Å². The average Bonchev–Trinajstić information content (AvgIpc) is 3.34. The van der Waals surface area contributed by atoms with Gasteiger partial charge in [-0.1, -0.05) is 78.3 Å². The van der Waals surface area contributed by atoms with Crippen LogP contribution in [0.1, 0.15) is 32.0 Å². The Hall–Kier alpha value is -5.71. The molecule has 0 fully saturated rings. The summed E-state index contributed by atoms with van der Waals surface area (Å²) in [5.41, 5.74) is 10.3. The number of amides is 4. The first kappa shape index (κ1) is 30.3. The number of hydrogen-bond acceptors (Lipinski definition) is 6. The van der Waals surface area contributed by atoms with Gasteiger partial charge in [-0.3, -0.25) is 19.7 Å². The Balaban J connectivity index is 1.24. The van der Waals surface area contributed by atoms with E-state index in [9.17, 15) is 19.2 Å². The zero-order valence-corrected chi connectivity index (χ0v) is 25.2. The normalized spacial score (nSPS) is 11.9. The maximum absolute atomic E-state index is 14.0. The summed E-state index contributed by atoms with van der Waals surface area (Å²) in [6, 6.07) is 32.5. The lowest BCUT2D eigenvalue weighted by Gasteiger charge is -2.23. The van der Waals surface area contributed by atoms with E-state index in [2.05, 4.69) is 10.6 Å². The number of imide groups is 1. The second-order valence-corrected chi connectivity index (χ2v) is 10.9. The summed E-state index contributed by atoms with van der Waals surface area (Å²) in [7, 11) is 0. The second-order valence-electron chi connectivity index (χ2n) is 10.5. The van der Waals surface area contributed by atoms with Crippen LogP contribution in [0.5, 0.6) is 5.88 Å². The van der Waals surface area contributed by atoms with Crippen LogP contribution in [0.25, 0.3) is 11.1 Å². The summed E-state index contributed by atoms with van der Waals surface area (Å²) in [5.74, 6) is -1.13. The van der Waals surface area contributed by atoms with Crippen molar-refractivity contribution in [3.8, 4) is 17.0 Å². The molecule has 0 aliphatic carbocycles. The number of ether oxygens (including phenoxy) is 1. The van der Waals surface area contributed by atoms with Gasteiger partial charge in [0.05, 0.1) is 30.2 Å². The van der Waals surface area contributed by atoms with Gasteiger partial charge in [-0.25, -0.2) is 4.79 Å². The van der Waals surface area contributed by atoms with Crippen LogP contribution < -0.4 is 26.0 Å². The number of anilines is 2. The number of benzene rings is 4. The lowest BCUT2D eigenvalue weighted by Crippen LogP contribution is -2.37. The molecule has 10 nitrogen and oxygen atoms in total. The van der Waals surface area contributed by atoms with Gasteiger partial charge in [0.15, 0.2) is 0 Å². The lowest BCUT2D eigenvalue weighted by atomic mass is 9.99. The molecule has 1 aliphatic heterocycles. The molecule has 11 heteroatoms. The van der Waals surface area contributed by atoms with Gasteiger partial charge in [0.2, 0.25) is 11.8 Å². The van der Waals surface area contributed by atoms with Gasteiger partial charge in [0.1, 0.15) is 0 Å². The Kier molecular flexibility index (Phi) is 8.64. The van der Waals surface area contributed by atoms with Gasteiger partial charge in [-0.15, -0.1) is 0 Å². The Morgan fingerprint density at radius 2 is 1.54 bits per heavy atom. The zero-order chi connectivity index (χ0) is 32.2. The smallest absolute Gasteiger partial charge is 0.393 e. The van der Waals surface area contributed by atoms with E-state index in [1.54, 1.807) is 51.9 Å². The molecule has 230 valence electrons. The first-order valence-electron chi connectivity index (χ1n) is 14.4. The highest BCUT2D eigenvalue weighted by atomic mass is 35.5. The third kappa shape index (κ3) is 6.25. The van der Waals surface area contributed by atoms with Gasteiger partial charge in [-0.2, -0.15) is 0 Å². The maximum Gasteiger partial charge on any atom is 0.420 e. The van der Waals surface area contributed by atoms with Crippen molar-refractivity contribution in [2.24, 2.45) is 5.73 Å². The van der Waals surface area contributed by atoms with Crippen molar-refractivity contribution >= 4 is 46.8 Å². The van der Waals surface area contributed by atoms with Gasteiger partial charge in [0.25, 0.3) is 11.8 Å². The summed E-state index contributed by atoms with van der Waals surface area (Å²) >= 11 is 6.68. The largest absolute Gasteiger partial charge is 0.420 e. The predicted octanol–water partition coefficient (Wildman–Crippen LogP) is 5.84. The molecule has 4 amide bonds. The summed E-state index contributed by atoms with van der Waals surface area (Å²) < 4.78 is 7.14. The Morgan fingerprint density at radius 1 is 0.804 bits per heavy atom. The van der Waals surface area contributed by atoms with Gasteiger partial charge in [-0.05, 0) is 53.1 Å². The Bertz CT molecular complexity index is 1970. The van der Waals surface area contributed by atoms with Crippen molar-refractivity contribution in [2.45, 2.75) is 13.1 Å². The maximum atomic E-state index is 14.0. The van der Waals surface area contributed by atoms with Crippen molar-refractivity contribution in [2.75, 3.05) is 16.8 Å². The Labute approximate surface area is 269 Å². The summed E-state index contributed by atoms with van der Waals surface area (Å²) in [6.07, 6.45) is -0.954. The van der Waals surface area contributed by atoms with E-state index in [0.29, 0.717) is 29.2 Å². The minimum Gasteiger partial charge on any atom is -0.393 e. The number of hydrogen-bond donors (Lipinski definition) is 3. The molecular formula is C35H28ClN5O5. The molecule has 0 saturated carbocycles. The van der Waals surface area contributed by atoms with Crippen LogP contribution in [0.4, 0.5) is 16.2 Å². The molecule has 0 atom stereocenters. The van der Waals surface area contributed by atoms with Crippen LogP contribution in [0.15, 0.2) is 109 Å². The molecule has 0 radical (unpaired) electrons. The number of para-hydroxylation sites is 1. The van der Waals surface area contributed by atoms with Crippen molar-refractivity contribution in [3.05, 3.63) is 137 Å². The molecule has 1 aromatic heterocycles. The van der Waals surface area contributed by atoms with E-state index in [-0.39, 0.29) is 41.4 Å². The minimum absolute atomic E-state index is 0.146. The topological polar surface area (TPSA) is 136 Å². The van der Waals surface area contributed by atoms with Gasteiger partial charge in [0, 0.05) is 28.7 Å². The molecule has 4 N–H and O–H groups in total. The van der Waals surface area contributed by atoms with Crippen molar-refractivity contribution in [1.29, 1.82) is 0 Å². The number of nitrogens with one attached hydrogen (secondary N) is 2. The number of carbonyl (C=O) groups is 4. The SMILES string of the molecule is NCC(=O)NC(=O)Oc1ccc2n1Cc1ccccc1N(C(=O)c1ccc(NC(=O)c3ccccc3-c3ccccc3)cc1Cl)C2. The van der Waals surface area contributed by atoms with E-state index < -0.39 is 12.0 Å². The fourth-order valence-electron chi connectivity index (χ4n) is 5.35. The highest BCUT2D eigenvalue weighted by Crippen LogP contribution is 2.34. The van der Waals surface area contributed by atoms with E-state index >= 15 is 0 Å². The van der Waals surface area contributed by atoms with Crippen LogP contribution >= 0.6 is 11.6 Å². The average molecular weight is 634 g/mol. The molecule has 0 spiro atoms.